The van der Waals surface area contributed by atoms with Gasteiger partial charge in [0.15, 0.2) is 0 Å². The van der Waals surface area contributed by atoms with Crippen molar-refractivity contribution in [2.24, 2.45) is 0 Å². The predicted molar refractivity (Wildman–Crippen MR) is 120 cm³/mol. The minimum Gasteiger partial charge on any atom is -0.497 e. The van der Waals surface area contributed by atoms with Crippen molar-refractivity contribution in [2.45, 2.75) is 57.1 Å². The van der Waals surface area contributed by atoms with Crippen LogP contribution in [0.4, 0.5) is 9.80 Å². The number of ether oxygens (including phenoxy) is 2. The van der Waals surface area contributed by atoms with Crippen molar-refractivity contribution >= 4 is 28.3 Å². The predicted octanol–water partition coefficient (Wildman–Crippen LogP) is 4.36. The van der Waals surface area contributed by atoms with Crippen molar-refractivity contribution in [1.29, 1.82) is 5.26 Å². The van der Waals surface area contributed by atoms with Crippen LogP contribution in [-0.4, -0.2) is 31.3 Å². The number of rotatable bonds is 9. The number of alkyl carbamates (subject to hydrolysis) is 1. The van der Waals surface area contributed by atoms with E-state index < -0.39 is 0 Å². The van der Waals surface area contributed by atoms with Crippen LogP contribution < -0.4 is 10.6 Å². The fraction of sp³-hybridized carbons (Fsp3) is 0.435. The summed E-state index contributed by atoms with van der Waals surface area (Å²) in [6.45, 7) is 7.58. The smallest absolute Gasteiger partial charge is 0.407 e. The first-order chi connectivity index (χ1) is 14.9. The van der Waals surface area contributed by atoms with Gasteiger partial charge in [-0.3, -0.25) is 4.79 Å². The number of carbonyl (C=O) groups is 2. The molecule has 0 spiro atoms. The molecule has 31 heavy (non-hydrogen) atoms. The molecule has 0 radical (unpaired) electrons. The van der Waals surface area contributed by atoms with Crippen molar-refractivity contribution in [3.63, 3.8) is 0 Å². The molecular weight excluding hydrogens is 414 g/mol. The molecule has 2 aliphatic carbocycles. The standard InChI is InChI=1S/C23H27N3O4S/c1-4-16(29-3)11-14(2)5-10-21(27)26-22-19(13-24)18-9-8-17(12-20(18)31-22)30-23(28)25-15-6-7-15/h4,11,15,17H,1-2,5-10,12H2,3H3,(H,25,28)(H,26,27)/b16-11+. The summed E-state index contributed by atoms with van der Waals surface area (Å²) >= 11 is 1.39. The van der Waals surface area contributed by atoms with Crippen LogP contribution in [0.1, 0.15) is 48.1 Å². The molecule has 164 valence electrons. The SMILES string of the molecule is C=C/C(=C\C(=C)CCC(=O)Nc1sc2c(c1C#N)CCC(OC(=O)NC1CC1)C2)OC. The van der Waals surface area contributed by atoms with Gasteiger partial charge in [-0.1, -0.05) is 18.7 Å². The number of nitriles is 1. The molecule has 1 fully saturated rings. The molecule has 0 aliphatic heterocycles. The number of methoxy groups -OCH3 is 1. The summed E-state index contributed by atoms with van der Waals surface area (Å²) in [6.07, 6.45) is 7.33. The number of fused-ring (bicyclic) bond motifs is 1. The molecule has 1 heterocycles. The quantitative estimate of drug-likeness (QED) is 0.438. The van der Waals surface area contributed by atoms with Gasteiger partial charge >= 0.3 is 6.09 Å². The van der Waals surface area contributed by atoms with Gasteiger partial charge in [0.05, 0.1) is 12.7 Å². The van der Waals surface area contributed by atoms with E-state index in [1.165, 1.54) is 11.3 Å². The van der Waals surface area contributed by atoms with Crippen LogP contribution in [0, 0.1) is 11.3 Å². The maximum atomic E-state index is 12.4. The van der Waals surface area contributed by atoms with E-state index in [9.17, 15) is 14.9 Å². The van der Waals surface area contributed by atoms with E-state index in [-0.39, 0.29) is 30.6 Å². The lowest BCUT2D eigenvalue weighted by Crippen LogP contribution is -2.32. The lowest BCUT2D eigenvalue weighted by atomic mass is 9.94. The topological polar surface area (TPSA) is 100 Å². The van der Waals surface area contributed by atoms with E-state index in [2.05, 4.69) is 29.9 Å². The normalized spacial score (nSPS) is 17.7. The van der Waals surface area contributed by atoms with Crippen molar-refractivity contribution in [1.82, 2.24) is 5.32 Å². The Morgan fingerprint density at radius 1 is 1.32 bits per heavy atom. The lowest BCUT2D eigenvalue weighted by molar-refractivity contribution is -0.116. The van der Waals surface area contributed by atoms with E-state index >= 15 is 0 Å². The van der Waals surface area contributed by atoms with Crippen LogP contribution in [0.15, 0.2) is 36.6 Å². The highest BCUT2D eigenvalue weighted by Gasteiger charge is 2.30. The third-order valence-electron chi connectivity index (χ3n) is 5.21. The summed E-state index contributed by atoms with van der Waals surface area (Å²) in [4.78, 5) is 25.3. The first-order valence-electron chi connectivity index (χ1n) is 10.3. The summed E-state index contributed by atoms with van der Waals surface area (Å²) in [5, 5.41) is 15.9. The molecule has 1 aromatic rings. The van der Waals surface area contributed by atoms with Gasteiger partial charge in [-0.25, -0.2) is 4.79 Å². The molecule has 1 atom stereocenters. The highest BCUT2D eigenvalue weighted by atomic mass is 32.1. The molecule has 1 aromatic heterocycles. The number of anilines is 1. The molecule has 0 bridgehead atoms. The van der Waals surface area contributed by atoms with Gasteiger partial charge in [-0.15, -0.1) is 11.3 Å². The Kier molecular flexibility index (Phi) is 7.53. The number of thiophene rings is 1. The number of nitrogens with one attached hydrogen (secondary N) is 2. The summed E-state index contributed by atoms with van der Waals surface area (Å²) in [7, 11) is 1.55. The zero-order valence-electron chi connectivity index (χ0n) is 17.7. The van der Waals surface area contributed by atoms with Crippen molar-refractivity contribution in [3.05, 3.63) is 52.6 Å². The zero-order chi connectivity index (χ0) is 22.4. The maximum absolute atomic E-state index is 12.4. The molecule has 8 heteroatoms. The number of amides is 2. The fourth-order valence-corrected chi connectivity index (χ4v) is 4.66. The number of nitrogens with zero attached hydrogens (tertiary/aromatic N) is 1. The molecule has 2 N–H and O–H groups in total. The Morgan fingerprint density at radius 3 is 2.74 bits per heavy atom. The van der Waals surface area contributed by atoms with Crippen molar-refractivity contribution < 1.29 is 19.1 Å². The second-order valence-corrected chi connectivity index (χ2v) is 8.77. The first kappa shape index (κ1) is 22.6. The monoisotopic (exact) mass is 441 g/mol. The molecular formula is C23H27N3O4S. The van der Waals surface area contributed by atoms with Crippen LogP contribution in [0.5, 0.6) is 0 Å². The number of carbonyl (C=O) groups excluding carboxylic acids is 2. The maximum Gasteiger partial charge on any atom is 0.407 e. The summed E-state index contributed by atoms with van der Waals surface area (Å²) < 4.78 is 10.6. The minimum atomic E-state index is -0.371. The van der Waals surface area contributed by atoms with Gasteiger partial charge in [0.25, 0.3) is 0 Å². The minimum absolute atomic E-state index is 0.182. The Balaban J connectivity index is 1.57. The van der Waals surface area contributed by atoms with E-state index in [1.54, 1.807) is 19.3 Å². The zero-order valence-corrected chi connectivity index (χ0v) is 18.5. The third kappa shape index (κ3) is 6.22. The first-order valence-corrected chi connectivity index (χ1v) is 11.1. The Morgan fingerprint density at radius 2 is 2.10 bits per heavy atom. The van der Waals surface area contributed by atoms with Gasteiger partial charge in [0.2, 0.25) is 5.91 Å². The van der Waals surface area contributed by atoms with Crippen LogP contribution in [0.3, 0.4) is 0 Å². The molecule has 2 amide bonds. The molecule has 0 aromatic carbocycles. The summed E-state index contributed by atoms with van der Waals surface area (Å²) in [5.41, 5.74) is 2.22. The summed E-state index contributed by atoms with van der Waals surface area (Å²) in [5.74, 6) is 0.407. The number of hydrogen-bond donors (Lipinski definition) is 2. The lowest BCUT2D eigenvalue weighted by Gasteiger charge is -2.22. The van der Waals surface area contributed by atoms with Crippen LogP contribution in [0.2, 0.25) is 0 Å². The highest BCUT2D eigenvalue weighted by molar-refractivity contribution is 7.16. The second-order valence-electron chi connectivity index (χ2n) is 7.67. The third-order valence-corrected chi connectivity index (χ3v) is 6.38. The Hall–Kier alpha value is -3.05. The van der Waals surface area contributed by atoms with Gasteiger partial charge in [0.1, 0.15) is 22.9 Å². The van der Waals surface area contributed by atoms with Crippen LogP contribution in [0.25, 0.3) is 0 Å². The van der Waals surface area contributed by atoms with E-state index in [4.69, 9.17) is 9.47 Å². The summed E-state index contributed by atoms with van der Waals surface area (Å²) in [6, 6.07) is 2.48. The molecule has 1 unspecified atom stereocenters. The van der Waals surface area contributed by atoms with Gasteiger partial charge < -0.3 is 20.1 Å². The van der Waals surface area contributed by atoms with Crippen LogP contribution in [-0.2, 0) is 27.1 Å². The fourth-order valence-electron chi connectivity index (χ4n) is 3.38. The number of hydrogen-bond acceptors (Lipinski definition) is 6. The van der Waals surface area contributed by atoms with Crippen LogP contribution >= 0.6 is 11.3 Å². The van der Waals surface area contributed by atoms with E-state index in [1.807, 2.05) is 0 Å². The van der Waals surface area contributed by atoms with Crippen molar-refractivity contribution in [2.75, 3.05) is 12.4 Å². The molecule has 1 saturated carbocycles. The van der Waals surface area contributed by atoms with Gasteiger partial charge in [0, 0.05) is 23.8 Å². The van der Waals surface area contributed by atoms with Crippen molar-refractivity contribution in [3.8, 4) is 6.07 Å². The highest BCUT2D eigenvalue weighted by Crippen LogP contribution is 2.38. The molecule has 0 saturated heterocycles. The van der Waals surface area contributed by atoms with E-state index in [0.29, 0.717) is 42.0 Å². The Labute approximate surface area is 186 Å². The van der Waals surface area contributed by atoms with E-state index in [0.717, 1.165) is 28.9 Å². The average molecular weight is 442 g/mol. The van der Waals surface area contributed by atoms with Gasteiger partial charge in [-0.2, -0.15) is 5.26 Å². The molecule has 2 aliphatic rings. The second kappa shape index (κ2) is 10.3. The number of allylic oxidation sites excluding steroid dienone is 3. The largest absolute Gasteiger partial charge is 0.497 e. The molecule has 3 rings (SSSR count). The molecule has 7 nitrogen and oxygen atoms in total. The Bertz CT molecular complexity index is 953. The average Bonchev–Trinajstić information content (AvgIpc) is 3.49. The van der Waals surface area contributed by atoms with Gasteiger partial charge in [-0.05, 0) is 49.8 Å².